The summed E-state index contributed by atoms with van der Waals surface area (Å²) in [6.45, 7) is 6.06. The lowest BCUT2D eigenvalue weighted by atomic mass is 9.78. The number of carbonyl (C=O) groups is 1. The summed E-state index contributed by atoms with van der Waals surface area (Å²) in [5, 5.41) is 0. The van der Waals surface area contributed by atoms with Crippen molar-refractivity contribution in [3.05, 3.63) is 35.4 Å². The fraction of sp³-hybridized carbons (Fsp3) is 0.556. The lowest BCUT2D eigenvalue weighted by molar-refractivity contribution is -0.150. The van der Waals surface area contributed by atoms with Gasteiger partial charge in [0.15, 0.2) is 0 Å². The summed E-state index contributed by atoms with van der Waals surface area (Å²) in [5.74, 6) is -0.204. The van der Waals surface area contributed by atoms with Crippen molar-refractivity contribution < 1.29 is 13.9 Å². The Hall–Kier alpha value is -1.71. The van der Waals surface area contributed by atoms with Crippen molar-refractivity contribution in [3.8, 4) is 0 Å². The average molecular weight is 305 g/mol. The maximum Gasteiger partial charge on any atom is 0.309 e. The van der Waals surface area contributed by atoms with Gasteiger partial charge in [0.2, 0.25) is 5.95 Å². The SMILES string of the molecule is CCOC(=O)C(CC)C1CC=C(c2ccnc(F)c2C)CC1. The van der Waals surface area contributed by atoms with Gasteiger partial charge in [-0.3, -0.25) is 4.79 Å². The van der Waals surface area contributed by atoms with Gasteiger partial charge < -0.3 is 4.74 Å². The summed E-state index contributed by atoms with van der Waals surface area (Å²) >= 11 is 0. The zero-order valence-electron chi connectivity index (χ0n) is 13.6. The number of aromatic nitrogens is 1. The molecule has 4 heteroatoms. The molecule has 1 aromatic heterocycles. The van der Waals surface area contributed by atoms with Gasteiger partial charge in [0.05, 0.1) is 12.5 Å². The van der Waals surface area contributed by atoms with E-state index in [2.05, 4.69) is 11.1 Å². The normalized spacial score (nSPS) is 19.5. The van der Waals surface area contributed by atoms with Crippen molar-refractivity contribution in [2.45, 2.75) is 46.5 Å². The standard InChI is InChI=1S/C18H24FNO2/c1-4-15(18(21)22-5-2)13-6-8-14(9-7-13)16-10-11-20-17(19)12(16)3/h8,10-11,13,15H,4-7,9H2,1-3H3. The molecule has 2 atom stereocenters. The summed E-state index contributed by atoms with van der Waals surface area (Å²) < 4.78 is 18.8. The zero-order valence-corrected chi connectivity index (χ0v) is 13.6. The number of allylic oxidation sites excluding steroid dienone is 2. The van der Waals surface area contributed by atoms with Crippen molar-refractivity contribution >= 4 is 11.5 Å². The second-order valence-corrected chi connectivity index (χ2v) is 5.80. The largest absolute Gasteiger partial charge is 0.466 e. The average Bonchev–Trinajstić information content (AvgIpc) is 2.52. The molecule has 0 spiro atoms. The molecular weight excluding hydrogens is 281 g/mol. The van der Waals surface area contributed by atoms with Crippen molar-refractivity contribution in [3.63, 3.8) is 0 Å². The molecule has 0 fully saturated rings. The van der Waals surface area contributed by atoms with Crippen LogP contribution in [0.25, 0.3) is 5.57 Å². The molecule has 0 amide bonds. The smallest absolute Gasteiger partial charge is 0.309 e. The molecule has 2 unspecified atom stereocenters. The Kier molecular flexibility index (Phi) is 5.69. The van der Waals surface area contributed by atoms with Gasteiger partial charge >= 0.3 is 5.97 Å². The lowest BCUT2D eigenvalue weighted by Gasteiger charge is -2.28. The highest BCUT2D eigenvalue weighted by Gasteiger charge is 2.29. The van der Waals surface area contributed by atoms with Crippen LogP contribution in [0.3, 0.4) is 0 Å². The molecule has 1 aromatic rings. The second kappa shape index (κ2) is 7.52. The first-order valence-corrected chi connectivity index (χ1v) is 8.05. The number of ether oxygens (including phenoxy) is 1. The van der Waals surface area contributed by atoms with E-state index in [1.54, 1.807) is 6.92 Å². The minimum atomic E-state index is -0.404. The third kappa shape index (κ3) is 3.54. The first kappa shape index (κ1) is 16.7. The number of pyridine rings is 1. The minimum absolute atomic E-state index is 0.0342. The number of carbonyl (C=O) groups excluding carboxylic acids is 1. The van der Waals surface area contributed by atoms with Crippen LogP contribution in [0.5, 0.6) is 0 Å². The number of hydrogen-bond donors (Lipinski definition) is 0. The molecule has 0 bridgehead atoms. The highest BCUT2D eigenvalue weighted by Crippen LogP contribution is 2.36. The van der Waals surface area contributed by atoms with E-state index >= 15 is 0 Å². The number of halogens is 1. The van der Waals surface area contributed by atoms with Crippen LogP contribution in [0.1, 0.15) is 50.7 Å². The summed E-state index contributed by atoms with van der Waals surface area (Å²) in [4.78, 5) is 15.7. The molecule has 0 N–H and O–H groups in total. The Morgan fingerprint density at radius 2 is 2.27 bits per heavy atom. The molecule has 0 aromatic carbocycles. The monoisotopic (exact) mass is 305 g/mol. The molecule has 3 nitrogen and oxygen atoms in total. The zero-order chi connectivity index (χ0) is 16.1. The first-order valence-electron chi connectivity index (χ1n) is 8.05. The van der Waals surface area contributed by atoms with Gasteiger partial charge in [-0.15, -0.1) is 0 Å². The quantitative estimate of drug-likeness (QED) is 0.601. The topological polar surface area (TPSA) is 39.2 Å². The van der Waals surface area contributed by atoms with Crippen LogP contribution in [-0.4, -0.2) is 17.6 Å². The van der Waals surface area contributed by atoms with Crippen LogP contribution in [-0.2, 0) is 9.53 Å². The molecule has 1 aliphatic rings. The summed E-state index contributed by atoms with van der Waals surface area (Å²) in [7, 11) is 0. The van der Waals surface area contributed by atoms with Gasteiger partial charge in [-0.2, -0.15) is 4.39 Å². The maximum atomic E-state index is 13.6. The van der Waals surface area contributed by atoms with E-state index < -0.39 is 5.95 Å². The molecule has 0 saturated heterocycles. The number of hydrogen-bond acceptors (Lipinski definition) is 3. The van der Waals surface area contributed by atoms with E-state index in [0.717, 1.165) is 36.8 Å². The van der Waals surface area contributed by atoms with Crippen molar-refractivity contribution in [1.29, 1.82) is 0 Å². The number of rotatable bonds is 5. The van der Waals surface area contributed by atoms with Crippen molar-refractivity contribution in [1.82, 2.24) is 4.98 Å². The summed E-state index contributed by atoms with van der Waals surface area (Å²) in [6, 6.07) is 1.87. The van der Waals surface area contributed by atoms with Crippen LogP contribution in [0, 0.1) is 24.7 Å². The lowest BCUT2D eigenvalue weighted by Crippen LogP contribution is -2.26. The van der Waals surface area contributed by atoms with E-state index in [1.165, 1.54) is 6.20 Å². The molecule has 2 rings (SSSR count). The third-order valence-electron chi connectivity index (χ3n) is 4.54. The molecule has 22 heavy (non-hydrogen) atoms. The van der Waals surface area contributed by atoms with Crippen molar-refractivity contribution in [2.75, 3.05) is 6.61 Å². The van der Waals surface area contributed by atoms with Gasteiger partial charge in [-0.1, -0.05) is 13.0 Å². The van der Waals surface area contributed by atoms with E-state index in [4.69, 9.17) is 4.74 Å². The number of esters is 1. The Labute approximate surface area is 131 Å². The molecule has 1 aliphatic carbocycles. The fourth-order valence-electron chi connectivity index (χ4n) is 3.26. The van der Waals surface area contributed by atoms with E-state index in [1.807, 2.05) is 19.9 Å². The van der Waals surface area contributed by atoms with Gasteiger partial charge in [-0.05, 0) is 62.7 Å². The van der Waals surface area contributed by atoms with Gasteiger partial charge in [-0.25, -0.2) is 4.98 Å². The first-order chi connectivity index (χ1) is 10.6. The molecule has 0 aliphatic heterocycles. The highest BCUT2D eigenvalue weighted by atomic mass is 19.1. The number of nitrogens with zero attached hydrogens (tertiary/aromatic N) is 1. The Morgan fingerprint density at radius 1 is 1.50 bits per heavy atom. The van der Waals surface area contributed by atoms with Crippen LogP contribution < -0.4 is 0 Å². The Balaban J connectivity index is 2.11. The van der Waals surface area contributed by atoms with Crippen LogP contribution in [0.4, 0.5) is 4.39 Å². The molecule has 0 radical (unpaired) electrons. The van der Waals surface area contributed by atoms with Crippen LogP contribution in [0.15, 0.2) is 18.3 Å². The predicted octanol–water partition coefficient (Wildman–Crippen LogP) is 4.30. The second-order valence-electron chi connectivity index (χ2n) is 5.80. The van der Waals surface area contributed by atoms with Crippen molar-refractivity contribution in [2.24, 2.45) is 11.8 Å². The Morgan fingerprint density at radius 3 is 2.86 bits per heavy atom. The summed E-state index contributed by atoms with van der Waals surface area (Å²) in [5.41, 5.74) is 2.70. The van der Waals surface area contributed by atoms with Gasteiger partial charge in [0.1, 0.15) is 0 Å². The van der Waals surface area contributed by atoms with E-state index in [-0.39, 0.29) is 11.9 Å². The predicted molar refractivity (Wildman–Crippen MR) is 84.7 cm³/mol. The molecule has 120 valence electrons. The summed E-state index contributed by atoms with van der Waals surface area (Å²) in [6.07, 6.45) is 7.11. The Bertz CT molecular complexity index is 568. The molecule has 0 saturated carbocycles. The molecular formula is C18H24FNO2. The highest BCUT2D eigenvalue weighted by molar-refractivity contribution is 5.73. The van der Waals surface area contributed by atoms with Crippen LogP contribution >= 0.6 is 0 Å². The fourth-order valence-corrected chi connectivity index (χ4v) is 3.26. The maximum absolute atomic E-state index is 13.6. The molecule has 1 heterocycles. The van der Waals surface area contributed by atoms with E-state index in [9.17, 15) is 9.18 Å². The minimum Gasteiger partial charge on any atom is -0.466 e. The van der Waals surface area contributed by atoms with Crippen LogP contribution in [0.2, 0.25) is 0 Å². The van der Waals surface area contributed by atoms with E-state index in [0.29, 0.717) is 18.1 Å². The van der Waals surface area contributed by atoms with Gasteiger partial charge in [0, 0.05) is 11.8 Å². The van der Waals surface area contributed by atoms with Gasteiger partial charge in [0.25, 0.3) is 0 Å². The third-order valence-corrected chi connectivity index (χ3v) is 4.54.